The van der Waals surface area contributed by atoms with Crippen molar-refractivity contribution >= 4 is 21.5 Å². The Hall–Kier alpha value is -1.23. The Morgan fingerprint density at radius 3 is 2.21 bits per heavy atom. The average Bonchev–Trinajstić information content (AvgIpc) is 2.04. The molecule has 0 N–H and O–H groups in total. The van der Waals surface area contributed by atoms with Gasteiger partial charge in [-0.2, -0.15) is 4.40 Å². The molecular weight excluding hydrogens is 202 g/mol. The standard InChI is InChI=1S/C9H11NO3S/c1-6-7(2)9(11)5-4-8(6)10-14(3,12)13/h4-5H,1-3H3. The molecule has 0 aromatic heterocycles. The molecule has 0 unspecified atom stereocenters. The zero-order valence-corrected chi connectivity index (χ0v) is 9.05. The van der Waals surface area contributed by atoms with Crippen LogP contribution in [0.2, 0.25) is 0 Å². The van der Waals surface area contributed by atoms with E-state index < -0.39 is 10.0 Å². The van der Waals surface area contributed by atoms with Gasteiger partial charge in [0.05, 0.1) is 12.0 Å². The van der Waals surface area contributed by atoms with E-state index in [0.717, 1.165) is 6.26 Å². The summed E-state index contributed by atoms with van der Waals surface area (Å²) in [5.74, 6) is -0.102. The summed E-state index contributed by atoms with van der Waals surface area (Å²) in [7, 11) is -3.41. The van der Waals surface area contributed by atoms with E-state index in [-0.39, 0.29) is 5.78 Å². The summed E-state index contributed by atoms with van der Waals surface area (Å²) in [4.78, 5) is 11.2. The van der Waals surface area contributed by atoms with Crippen LogP contribution in [-0.4, -0.2) is 26.2 Å². The van der Waals surface area contributed by atoms with Gasteiger partial charge in [-0.05, 0) is 31.6 Å². The highest BCUT2D eigenvalue weighted by atomic mass is 32.2. The van der Waals surface area contributed by atoms with Crippen molar-refractivity contribution in [1.82, 2.24) is 0 Å². The molecule has 76 valence electrons. The number of nitrogens with zero attached hydrogens (tertiary/aromatic N) is 1. The summed E-state index contributed by atoms with van der Waals surface area (Å²) in [5.41, 5.74) is 1.49. The summed E-state index contributed by atoms with van der Waals surface area (Å²) in [6.07, 6.45) is 3.77. The highest BCUT2D eigenvalue weighted by molar-refractivity contribution is 7.89. The molecule has 1 aliphatic rings. The summed E-state index contributed by atoms with van der Waals surface area (Å²) in [5, 5.41) is 0. The molecule has 0 fully saturated rings. The van der Waals surface area contributed by atoms with Gasteiger partial charge in [0.15, 0.2) is 5.78 Å². The first-order valence-electron chi connectivity index (χ1n) is 4.01. The monoisotopic (exact) mass is 213 g/mol. The third-order valence-corrected chi connectivity index (χ3v) is 2.50. The second kappa shape index (κ2) is 3.49. The lowest BCUT2D eigenvalue weighted by Gasteiger charge is -2.09. The van der Waals surface area contributed by atoms with E-state index >= 15 is 0 Å². The van der Waals surface area contributed by atoms with Crippen LogP contribution >= 0.6 is 0 Å². The third-order valence-electron chi connectivity index (χ3n) is 1.97. The van der Waals surface area contributed by atoms with Gasteiger partial charge in [0.1, 0.15) is 0 Å². The quantitative estimate of drug-likeness (QED) is 0.607. The Labute approximate surface area is 83.1 Å². The van der Waals surface area contributed by atoms with Crippen molar-refractivity contribution in [3.8, 4) is 0 Å². The Kier molecular flexibility index (Phi) is 2.71. The average molecular weight is 213 g/mol. The van der Waals surface area contributed by atoms with Gasteiger partial charge in [0.25, 0.3) is 10.0 Å². The van der Waals surface area contributed by atoms with Crippen LogP contribution in [0.1, 0.15) is 13.8 Å². The normalized spacial score (nSPS) is 20.8. The Bertz CT molecular complexity index is 466. The summed E-state index contributed by atoms with van der Waals surface area (Å²) in [6.45, 7) is 3.33. The van der Waals surface area contributed by atoms with Crippen molar-refractivity contribution in [2.24, 2.45) is 4.40 Å². The highest BCUT2D eigenvalue weighted by Gasteiger charge is 2.15. The molecule has 0 spiro atoms. The second-order valence-corrected chi connectivity index (χ2v) is 4.81. The molecule has 14 heavy (non-hydrogen) atoms. The Balaban J connectivity index is 3.25. The van der Waals surface area contributed by atoms with E-state index in [2.05, 4.69) is 4.40 Å². The van der Waals surface area contributed by atoms with Crippen LogP contribution in [0.25, 0.3) is 0 Å². The number of hydrogen-bond acceptors (Lipinski definition) is 3. The van der Waals surface area contributed by atoms with Crippen molar-refractivity contribution in [3.63, 3.8) is 0 Å². The number of hydrogen-bond donors (Lipinski definition) is 0. The zero-order chi connectivity index (χ0) is 10.9. The van der Waals surface area contributed by atoms with Crippen molar-refractivity contribution in [3.05, 3.63) is 23.3 Å². The van der Waals surface area contributed by atoms with Crippen LogP contribution in [0.4, 0.5) is 0 Å². The minimum Gasteiger partial charge on any atom is -0.290 e. The largest absolute Gasteiger partial charge is 0.290 e. The molecule has 5 heteroatoms. The highest BCUT2D eigenvalue weighted by Crippen LogP contribution is 2.14. The van der Waals surface area contributed by atoms with Gasteiger partial charge in [-0.15, -0.1) is 0 Å². The molecule has 1 rings (SSSR count). The number of carbonyl (C=O) groups is 1. The minimum absolute atomic E-state index is 0.102. The molecule has 0 saturated heterocycles. The first-order valence-corrected chi connectivity index (χ1v) is 5.86. The van der Waals surface area contributed by atoms with Crippen molar-refractivity contribution in [2.75, 3.05) is 6.26 Å². The molecule has 0 radical (unpaired) electrons. The predicted octanol–water partition coefficient (Wildman–Crippen LogP) is 0.862. The van der Waals surface area contributed by atoms with Crippen LogP contribution in [0.15, 0.2) is 27.7 Å². The fourth-order valence-electron chi connectivity index (χ4n) is 1.06. The van der Waals surface area contributed by atoms with Crippen LogP contribution in [-0.2, 0) is 14.8 Å². The molecule has 0 saturated carbocycles. The van der Waals surface area contributed by atoms with E-state index in [0.29, 0.717) is 16.9 Å². The Morgan fingerprint density at radius 1 is 1.14 bits per heavy atom. The van der Waals surface area contributed by atoms with E-state index in [1.54, 1.807) is 13.8 Å². The van der Waals surface area contributed by atoms with Gasteiger partial charge >= 0.3 is 0 Å². The van der Waals surface area contributed by atoms with Gasteiger partial charge in [-0.3, -0.25) is 4.79 Å². The van der Waals surface area contributed by atoms with Gasteiger partial charge in [-0.1, -0.05) is 0 Å². The van der Waals surface area contributed by atoms with Gasteiger partial charge in [-0.25, -0.2) is 8.42 Å². The third kappa shape index (κ3) is 2.38. The SMILES string of the molecule is CC1=C(C)C(=NS(C)(=O)=O)C=CC1=O. The van der Waals surface area contributed by atoms with Crippen molar-refractivity contribution in [1.29, 1.82) is 0 Å². The minimum atomic E-state index is -3.41. The van der Waals surface area contributed by atoms with E-state index in [1.165, 1.54) is 12.2 Å². The number of carbonyl (C=O) groups excluding carboxylic acids is 1. The number of ketones is 1. The van der Waals surface area contributed by atoms with E-state index in [4.69, 9.17) is 0 Å². The van der Waals surface area contributed by atoms with Crippen molar-refractivity contribution in [2.45, 2.75) is 13.8 Å². The summed E-state index contributed by atoms with van der Waals surface area (Å²) >= 11 is 0. The maximum absolute atomic E-state index is 11.2. The molecule has 4 nitrogen and oxygen atoms in total. The molecule has 0 aliphatic heterocycles. The lowest BCUT2D eigenvalue weighted by Crippen LogP contribution is -2.12. The number of rotatable bonds is 1. The smallest absolute Gasteiger partial charge is 0.250 e. The predicted molar refractivity (Wildman–Crippen MR) is 54.8 cm³/mol. The molecule has 0 amide bonds. The maximum Gasteiger partial charge on any atom is 0.250 e. The first kappa shape index (κ1) is 10.8. The first-order chi connectivity index (χ1) is 6.31. The Morgan fingerprint density at radius 2 is 1.71 bits per heavy atom. The van der Waals surface area contributed by atoms with Crippen LogP contribution in [0.3, 0.4) is 0 Å². The van der Waals surface area contributed by atoms with Gasteiger partial charge < -0.3 is 0 Å². The summed E-state index contributed by atoms with van der Waals surface area (Å²) < 4.78 is 25.3. The van der Waals surface area contributed by atoms with E-state index in [1.807, 2.05) is 0 Å². The molecule has 1 aliphatic carbocycles. The van der Waals surface area contributed by atoms with Crippen LogP contribution in [0.5, 0.6) is 0 Å². The zero-order valence-electron chi connectivity index (χ0n) is 8.23. The van der Waals surface area contributed by atoms with E-state index in [9.17, 15) is 13.2 Å². The molecule has 0 aromatic rings. The topological polar surface area (TPSA) is 63.6 Å². The number of sulfonamides is 1. The lowest BCUT2D eigenvalue weighted by molar-refractivity contribution is -0.111. The molecule has 0 bridgehead atoms. The molecule has 0 heterocycles. The van der Waals surface area contributed by atoms with Gasteiger partial charge in [0.2, 0.25) is 0 Å². The fourth-order valence-corrected chi connectivity index (χ4v) is 1.61. The van der Waals surface area contributed by atoms with Crippen LogP contribution < -0.4 is 0 Å². The molecule has 0 aromatic carbocycles. The maximum atomic E-state index is 11.2. The molecule has 0 atom stereocenters. The fraction of sp³-hybridized carbons (Fsp3) is 0.333. The summed E-state index contributed by atoms with van der Waals surface area (Å²) in [6, 6.07) is 0. The number of allylic oxidation sites excluding steroid dienone is 4. The van der Waals surface area contributed by atoms with Crippen molar-refractivity contribution < 1.29 is 13.2 Å². The van der Waals surface area contributed by atoms with Gasteiger partial charge in [0, 0.05) is 5.57 Å². The molecular formula is C9H11NO3S. The second-order valence-electron chi connectivity index (χ2n) is 3.16. The lowest BCUT2D eigenvalue weighted by atomic mass is 9.97. The van der Waals surface area contributed by atoms with Crippen LogP contribution in [0, 0.1) is 0 Å².